The monoisotopic (exact) mass is 188 g/mol. The number of aliphatic carboxylic acids is 1. The van der Waals surface area contributed by atoms with Crippen molar-refractivity contribution in [2.75, 3.05) is 0 Å². The first-order chi connectivity index (χ1) is 5.52. The zero-order valence-electron chi connectivity index (χ0n) is 6.83. The number of carboxylic acids is 1. The zero-order valence-corrected chi connectivity index (χ0v) is 7.59. The molecule has 0 spiro atoms. The molecule has 0 atom stereocenters. The van der Waals surface area contributed by atoms with Crippen molar-refractivity contribution in [3.8, 4) is 0 Å². The summed E-state index contributed by atoms with van der Waals surface area (Å²) in [6, 6.07) is 0. The van der Waals surface area contributed by atoms with Gasteiger partial charge in [0.2, 0.25) is 0 Å². The van der Waals surface area contributed by atoms with E-state index in [1.54, 1.807) is 6.92 Å². The lowest BCUT2D eigenvalue weighted by molar-refractivity contribution is -0.137. The van der Waals surface area contributed by atoms with Gasteiger partial charge in [-0.2, -0.15) is 5.10 Å². The Balaban J connectivity index is 3.01. The van der Waals surface area contributed by atoms with Gasteiger partial charge in [-0.25, -0.2) is 4.68 Å². The molecule has 12 heavy (non-hydrogen) atoms. The van der Waals surface area contributed by atoms with Crippen LogP contribution in [0.1, 0.15) is 11.3 Å². The van der Waals surface area contributed by atoms with Gasteiger partial charge in [-0.1, -0.05) is 11.6 Å². The molecule has 0 fully saturated rings. The Morgan fingerprint density at radius 3 is 2.58 bits per heavy atom. The molecule has 0 saturated heterocycles. The van der Waals surface area contributed by atoms with Crippen molar-refractivity contribution in [1.29, 1.82) is 0 Å². The van der Waals surface area contributed by atoms with E-state index < -0.39 is 5.97 Å². The topological polar surface area (TPSA) is 55.1 Å². The summed E-state index contributed by atoms with van der Waals surface area (Å²) in [5.74, 6) is -0.945. The van der Waals surface area contributed by atoms with E-state index in [-0.39, 0.29) is 6.54 Å². The highest BCUT2D eigenvalue weighted by Gasteiger charge is 2.10. The van der Waals surface area contributed by atoms with Crippen LogP contribution in [0.15, 0.2) is 0 Å². The summed E-state index contributed by atoms with van der Waals surface area (Å²) < 4.78 is 1.27. The fraction of sp³-hybridized carbons (Fsp3) is 0.429. The van der Waals surface area contributed by atoms with Crippen LogP contribution in [0.25, 0.3) is 0 Å². The number of halogens is 1. The normalized spacial score (nSPS) is 10.2. The summed E-state index contributed by atoms with van der Waals surface area (Å²) in [7, 11) is 0. The molecule has 1 rings (SSSR count). The van der Waals surface area contributed by atoms with Gasteiger partial charge >= 0.3 is 5.97 Å². The first kappa shape index (κ1) is 9.06. The lowest BCUT2D eigenvalue weighted by atomic mass is 10.3. The van der Waals surface area contributed by atoms with Crippen molar-refractivity contribution in [1.82, 2.24) is 9.78 Å². The van der Waals surface area contributed by atoms with Crippen molar-refractivity contribution < 1.29 is 9.90 Å². The van der Waals surface area contributed by atoms with E-state index >= 15 is 0 Å². The van der Waals surface area contributed by atoms with Crippen LogP contribution in [0, 0.1) is 13.8 Å². The van der Waals surface area contributed by atoms with Crippen LogP contribution in [0.3, 0.4) is 0 Å². The Morgan fingerprint density at radius 1 is 1.67 bits per heavy atom. The smallest absolute Gasteiger partial charge is 0.325 e. The first-order valence-electron chi connectivity index (χ1n) is 3.43. The van der Waals surface area contributed by atoms with Gasteiger partial charge in [-0.05, 0) is 13.8 Å². The maximum absolute atomic E-state index is 10.3. The third-order valence-corrected chi connectivity index (χ3v) is 2.11. The third kappa shape index (κ3) is 1.58. The highest BCUT2D eigenvalue weighted by molar-refractivity contribution is 6.30. The van der Waals surface area contributed by atoms with Crippen LogP contribution < -0.4 is 0 Å². The first-order valence-corrected chi connectivity index (χ1v) is 3.81. The zero-order chi connectivity index (χ0) is 9.30. The van der Waals surface area contributed by atoms with Gasteiger partial charge in [0.25, 0.3) is 0 Å². The predicted octanol–water partition coefficient (Wildman–Crippen LogP) is 1.24. The second-order valence-corrected chi connectivity index (χ2v) is 2.91. The molecule has 0 aromatic carbocycles. The second-order valence-electron chi connectivity index (χ2n) is 2.55. The molecule has 0 aliphatic carbocycles. The minimum Gasteiger partial charge on any atom is -0.480 e. The van der Waals surface area contributed by atoms with Gasteiger partial charge in [0, 0.05) is 5.56 Å². The molecular weight excluding hydrogens is 180 g/mol. The number of hydrogen-bond donors (Lipinski definition) is 1. The molecule has 1 heterocycles. The number of hydrogen-bond acceptors (Lipinski definition) is 2. The molecule has 1 aromatic heterocycles. The van der Waals surface area contributed by atoms with Crippen molar-refractivity contribution in [2.45, 2.75) is 20.4 Å². The molecule has 0 saturated carbocycles. The quantitative estimate of drug-likeness (QED) is 0.760. The minimum absolute atomic E-state index is 0.187. The molecule has 0 aliphatic heterocycles. The number of aromatic nitrogens is 2. The molecule has 1 N–H and O–H groups in total. The number of rotatable bonds is 2. The molecule has 0 radical (unpaired) electrons. The van der Waals surface area contributed by atoms with Crippen LogP contribution in [0.4, 0.5) is 0 Å². The molecule has 0 bridgehead atoms. The van der Waals surface area contributed by atoms with Crippen LogP contribution >= 0.6 is 11.6 Å². The largest absolute Gasteiger partial charge is 0.480 e. The van der Waals surface area contributed by atoms with Crippen molar-refractivity contribution in [3.05, 3.63) is 16.4 Å². The summed E-state index contributed by atoms with van der Waals surface area (Å²) in [6.45, 7) is 3.41. The lowest BCUT2D eigenvalue weighted by Crippen LogP contribution is -2.10. The van der Waals surface area contributed by atoms with Gasteiger partial charge in [-0.15, -0.1) is 0 Å². The highest BCUT2D eigenvalue weighted by atomic mass is 35.5. The van der Waals surface area contributed by atoms with Gasteiger partial charge in [0.15, 0.2) is 0 Å². The number of carbonyl (C=O) groups is 1. The van der Waals surface area contributed by atoms with Crippen LogP contribution in [-0.4, -0.2) is 20.9 Å². The summed E-state index contributed by atoms with van der Waals surface area (Å²) in [6.07, 6.45) is 0. The van der Waals surface area contributed by atoms with E-state index in [1.165, 1.54) is 4.68 Å². The van der Waals surface area contributed by atoms with E-state index in [4.69, 9.17) is 16.7 Å². The Labute approximate surface area is 74.8 Å². The van der Waals surface area contributed by atoms with E-state index in [0.29, 0.717) is 5.15 Å². The summed E-state index contributed by atoms with van der Waals surface area (Å²) in [5.41, 5.74) is 1.60. The molecule has 1 aromatic rings. The average Bonchev–Trinajstić information content (AvgIpc) is 2.17. The van der Waals surface area contributed by atoms with Crippen molar-refractivity contribution >= 4 is 17.6 Å². The van der Waals surface area contributed by atoms with Crippen LogP contribution in [0.5, 0.6) is 0 Å². The Hall–Kier alpha value is -1.03. The fourth-order valence-electron chi connectivity index (χ4n) is 0.876. The molecule has 0 unspecified atom stereocenters. The fourth-order valence-corrected chi connectivity index (χ4v) is 1.11. The summed E-state index contributed by atoms with van der Waals surface area (Å²) in [4.78, 5) is 10.3. The number of nitrogens with zero attached hydrogens (tertiary/aromatic N) is 2. The Kier molecular flexibility index (Phi) is 2.38. The Morgan fingerprint density at radius 2 is 2.25 bits per heavy atom. The molecule has 0 aliphatic rings. The van der Waals surface area contributed by atoms with Gasteiger partial charge in [-0.3, -0.25) is 4.79 Å². The highest BCUT2D eigenvalue weighted by Crippen LogP contribution is 2.17. The Bertz CT molecular complexity index is 319. The van der Waals surface area contributed by atoms with E-state index in [1.807, 2.05) is 6.92 Å². The van der Waals surface area contributed by atoms with Crippen LogP contribution in [0.2, 0.25) is 5.15 Å². The summed E-state index contributed by atoms with van der Waals surface area (Å²) in [5, 5.41) is 12.8. The molecule has 4 nitrogen and oxygen atoms in total. The molecule has 0 amide bonds. The van der Waals surface area contributed by atoms with Crippen molar-refractivity contribution in [2.24, 2.45) is 0 Å². The maximum Gasteiger partial charge on any atom is 0.325 e. The second kappa shape index (κ2) is 3.15. The van der Waals surface area contributed by atoms with E-state index in [2.05, 4.69) is 5.10 Å². The third-order valence-electron chi connectivity index (χ3n) is 1.63. The molecular formula is C7H9ClN2O2. The summed E-state index contributed by atoms with van der Waals surface area (Å²) >= 11 is 5.80. The molecule has 5 heteroatoms. The van der Waals surface area contributed by atoms with Gasteiger partial charge in [0.1, 0.15) is 11.7 Å². The van der Waals surface area contributed by atoms with Gasteiger partial charge < -0.3 is 5.11 Å². The number of carboxylic acid groups (broad SMARTS) is 1. The predicted molar refractivity (Wildman–Crippen MR) is 44.3 cm³/mol. The minimum atomic E-state index is -0.945. The average molecular weight is 189 g/mol. The van der Waals surface area contributed by atoms with Gasteiger partial charge in [0.05, 0.1) is 5.69 Å². The number of aryl methyl sites for hydroxylation is 1. The SMILES string of the molecule is Cc1nn(CC(=O)O)c(Cl)c1C. The van der Waals surface area contributed by atoms with E-state index in [9.17, 15) is 4.79 Å². The standard InChI is InChI=1S/C7H9ClN2O2/c1-4-5(2)9-10(7(4)8)3-6(11)12/h3H2,1-2H3,(H,11,12). The van der Waals surface area contributed by atoms with Crippen molar-refractivity contribution in [3.63, 3.8) is 0 Å². The van der Waals surface area contributed by atoms with Crippen LogP contribution in [-0.2, 0) is 11.3 Å². The van der Waals surface area contributed by atoms with E-state index in [0.717, 1.165) is 11.3 Å². The maximum atomic E-state index is 10.3. The lowest BCUT2D eigenvalue weighted by Gasteiger charge is -1.96. The molecule has 66 valence electrons.